The summed E-state index contributed by atoms with van der Waals surface area (Å²) in [7, 11) is 1.81. The molecule has 4 heteroatoms. The Morgan fingerprint density at radius 2 is 1.97 bits per heavy atom. The van der Waals surface area contributed by atoms with Gasteiger partial charge in [0.25, 0.3) is 0 Å². The largest absolute Gasteiger partial charge is 0.393 e. The van der Waals surface area contributed by atoms with E-state index in [0.717, 1.165) is 75.3 Å². The van der Waals surface area contributed by atoms with Gasteiger partial charge in [-0.05, 0) is 117 Å². The van der Waals surface area contributed by atoms with Gasteiger partial charge >= 0.3 is 0 Å². The summed E-state index contributed by atoms with van der Waals surface area (Å²) >= 11 is 0. The Morgan fingerprint density at radius 1 is 1.17 bits per heavy atom. The Morgan fingerprint density at radius 3 is 2.72 bits per heavy atom. The van der Waals surface area contributed by atoms with E-state index in [1.54, 1.807) is 5.57 Å². The maximum atomic E-state index is 13.2. The first kappa shape index (κ1) is 26.7. The maximum absolute atomic E-state index is 13.2. The van der Waals surface area contributed by atoms with Crippen LogP contribution < -0.4 is 0 Å². The van der Waals surface area contributed by atoms with Crippen molar-refractivity contribution in [2.45, 2.75) is 123 Å². The highest BCUT2D eigenvalue weighted by Gasteiger charge is 2.59. The summed E-state index contributed by atoms with van der Waals surface area (Å²) < 4.78 is 5.87. The van der Waals surface area contributed by atoms with Gasteiger partial charge in [-0.2, -0.15) is 0 Å². The lowest BCUT2D eigenvalue weighted by Crippen LogP contribution is -2.51. The second-order valence-corrected chi connectivity index (χ2v) is 14.1. The number of ether oxygens (including phenoxy) is 1. The van der Waals surface area contributed by atoms with Gasteiger partial charge in [-0.25, -0.2) is 0 Å². The van der Waals surface area contributed by atoms with Crippen LogP contribution >= 0.6 is 0 Å². The molecule has 1 heterocycles. The quantitative estimate of drug-likeness (QED) is 0.411. The van der Waals surface area contributed by atoms with Crippen molar-refractivity contribution in [3.63, 3.8) is 0 Å². The van der Waals surface area contributed by atoms with E-state index < -0.39 is 0 Å². The lowest BCUT2D eigenvalue weighted by atomic mass is 9.47. The van der Waals surface area contributed by atoms with Gasteiger partial charge in [0, 0.05) is 26.6 Å². The molecule has 36 heavy (non-hydrogen) atoms. The maximum Gasteiger partial charge on any atom is 0.222 e. The molecule has 0 bridgehead atoms. The molecule has 9 atom stereocenters. The van der Waals surface area contributed by atoms with Crippen LogP contribution in [0.5, 0.6) is 0 Å². The fourth-order valence-corrected chi connectivity index (χ4v) is 10.2. The van der Waals surface area contributed by atoms with Crippen LogP contribution in [0.25, 0.3) is 0 Å². The number of piperidine rings is 1. The van der Waals surface area contributed by atoms with Gasteiger partial charge in [0.15, 0.2) is 0 Å². The summed E-state index contributed by atoms with van der Waals surface area (Å²) in [5, 5.41) is 10.3. The van der Waals surface area contributed by atoms with Crippen LogP contribution in [0.4, 0.5) is 0 Å². The molecule has 0 radical (unpaired) electrons. The minimum absolute atomic E-state index is 0.119. The van der Waals surface area contributed by atoms with E-state index in [1.165, 1.54) is 38.5 Å². The van der Waals surface area contributed by atoms with E-state index >= 15 is 0 Å². The summed E-state index contributed by atoms with van der Waals surface area (Å²) in [6.07, 6.45) is 17.0. The van der Waals surface area contributed by atoms with E-state index in [2.05, 4.69) is 38.7 Å². The molecule has 4 nitrogen and oxygen atoms in total. The normalized spacial score (nSPS) is 45.3. The van der Waals surface area contributed by atoms with Crippen LogP contribution in [0.1, 0.15) is 111 Å². The molecule has 5 aliphatic rings. The Balaban J connectivity index is 1.22. The number of rotatable bonds is 6. The second kappa shape index (κ2) is 10.0. The summed E-state index contributed by atoms with van der Waals surface area (Å²) in [6.45, 7) is 11.5. The third-order valence-electron chi connectivity index (χ3n) is 12.6. The molecule has 5 rings (SSSR count). The summed E-state index contributed by atoms with van der Waals surface area (Å²) in [6, 6.07) is 0. The third-order valence-corrected chi connectivity index (χ3v) is 12.6. The molecular formula is C32H53NO3. The minimum Gasteiger partial charge on any atom is -0.393 e. The number of carbonyl (C=O) groups is 1. The number of fused-ring (bicyclic) bond motifs is 5. The van der Waals surface area contributed by atoms with Gasteiger partial charge < -0.3 is 14.7 Å². The molecule has 3 saturated carbocycles. The molecule has 1 aliphatic heterocycles. The molecule has 4 aliphatic carbocycles. The number of likely N-dealkylation sites (tertiary alicyclic amines) is 1. The van der Waals surface area contributed by atoms with Gasteiger partial charge in [0.1, 0.15) is 0 Å². The van der Waals surface area contributed by atoms with Crippen LogP contribution in [0.15, 0.2) is 11.6 Å². The van der Waals surface area contributed by atoms with Crippen molar-refractivity contribution in [3.05, 3.63) is 11.6 Å². The van der Waals surface area contributed by atoms with Gasteiger partial charge in [-0.3, -0.25) is 4.79 Å². The van der Waals surface area contributed by atoms with E-state index in [0.29, 0.717) is 29.1 Å². The van der Waals surface area contributed by atoms with Crippen molar-refractivity contribution in [2.24, 2.45) is 40.4 Å². The van der Waals surface area contributed by atoms with Crippen LogP contribution in [0, 0.1) is 40.4 Å². The Hall–Kier alpha value is -0.870. The Kier molecular flexibility index (Phi) is 7.44. The zero-order valence-electron chi connectivity index (χ0n) is 23.9. The highest BCUT2D eigenvalue weighted by atomic mass is 16.5. The number of allylic oxidation sites excluding steroid dienone is 1. The predicted octanol–water partition coefficient (Wildman–Crippen LogP) is 6.76. The first-order chi connectivity index (χ1) is 17.2. The lowest BCUT2D eigenvalue weighted by molar-refractivity contribution is -0.141. The molecule has 2 unspecified atom stereocenters. The number of aliphatic hydroxyl groups is 1. The highest BCUT2D eigenvalue weighted by molar-refractivity contribution is 5.76. The summed E-state index contributed by atoms with van der Waals surface area (Å²) in [5.41, 5.74) is 2.19. The SMILES string of the molecule is CCC1(OC)CCCN(C(=O)CCC(C)[C@H]2CC[C@H]3[C@@H]4CC=C5C[C@@H](O)CC[C@]5(C)[C@H]4CC[C@]23C)C1. The Bertz CT molecular complexity index is 848. The number of carbonyl (C=O) groups excluding carboxylic acids is 1. The molecule has 1 N–H and O–H groups in total. The van der Waals surface area contributed by atoms with E-state index in [4.69, 9.17) is 4.74 Å². The predicted molar refractivity (Wildman–Crippen MR) is 145 cm³/mol. The van der Waals surface area contributed by atoms with Crippen molar-refractivity contribution in [3.8, 4) is 0 Å². The lowest BCUT2D eigenvalue weighted by Gasteiger charge is -2.58. The fourth-order valence-electron chi connectivity index (χ4n) is 10.2. The van der Waals surface area contributed by atoms with Crippen molar-refractivity contribution >= 4 is 5.91 Å². The van der Waals surface area contributed by atoms with Crippen molar-refractivity contribution < 1.29 is 14.6 Å². The number of methoxy groups -OCH3 is 1. The standard InChI is InChI=1S/C32H53NO3/c1-6-32(36-5)16-7-19-33(21-32)29(35)13-8-22(2)26-11-12-27-25-10-9-23-20-24(34)14-17-30(23,3)28(25)15-18-31(26,27)4/h9,22,24-28,34H,6-8,10-21H2,1-5H3/t22?,24-,25-,26+,27-,28-,30-,31+,32?/m0/s1. The topological polar surface area (TPSA) is 49.8 Å². The van der Waals surface area contributed by atoms with Gasteiger partial charge in [0.05, 0.1) is 11.7 Å². The molecule has 204 valence electrons. The van der Waals surface area contributed by atoms with E-state index in [1.807, 2.05) is 7.11 Å². The highest BCUT2D eigenvalue weighted by Crippen LogP contribution is 2.67. The third kappa shape index (κ3) is 4.40. The van der Waals surface area contributed by atoms with Crippen LogP contribution in [-0.2, 0) is 9.53 Å². The Labute approximate surface area is 220 Å². The minimum atomic E-state index is -0.133. The smallest absolute Gasteiger partial charge is 0.222 e. The van der Waals surface area contributed by atoms with E-state index in [-0.39, 0.29) is 11.7 Å². The monoisotopic (exact) mass is 499 g/mol. The van der Waals surface area contributed by atoms with Crippen LogP contribution in [-0.4, -0.2) is 47.8 Å². The fraction of sp³-hybridized carbons (Fsp3) is 0.906. The average molecular weight is 500 g/mol. The summed E-state index contributed by atoms with van der Waals surface area (Å²) in [4.78, 5) is 15.3. The van der Waals surface area contributed by atoms with Crippen molar-refractivity contribution in [1.29, 1.82) is 0 Å². The van der Waals surface area contributed by atoms with E-state index in [9.17, 15) is 9.90 Å². The zero-order chi connectivity index (χ0) is 25.7. The number of aliphatic hydroxyl groups excluding tert-OH is 1. The van der Waals surface area contributed by atoms with Gasteiger partial charge in [-0.1, -0.05) is 39.3 Å². The number of amides is 1. The molecule has 1 amide bonds. The van der Waals surface area contributed by atoms with Crippen molar-refractivity contribution in [2.75, 3.05) is 20.2 Å². The first-order valence-electron chi connectivity index (χ1n) is 15.4. The zero-order valence-corrected chi connectivity index (χ0v) is 23.9. The number of nitrogens with zero attached hydrogens (tertiary/aromatic N) is 1. The summed E-state index contributed by atoms with van der Waals surface area (Å²) in [5.74, 6) is 4.15. The number of hydrogen-bond acceptors (Lipinski definition) is 3. The first-order valence-corrected chi connectivity index (χ1v) is 15.4. The van der Waals surface area contributed by atoms with Crippen LogP contribution in [0.3, 0.4) is 0 Å². The number of hydrogen-bond donors (Lipinski definition) is 1. The molecule has 0 aromatic rings. The molecule has 0 aromatic heterocycles. The van der Waals surface area contributed by atoms with Gasteiger partial charge in [0.2, 0.25) is 5.91 Å². The molecule has 0 aromatic carbocycles. The van der Waals surface area contributed by atoms with Crippen LogP contribution in [0.2, 0.25) is 0 Å². The molecule has 4 fully saturated rings. The van der Waals surface area contributed by atoms with Crippen molar-refractivity contribution in [1.82, 2.24) is 4.90 Å². The molecular weight excluding hydrogens is 446 g/mol. The molecule has 1 saturated heterocycles. The average Bonchev–Trinajstić information content (AvgIpc) is 3.24. The second-order valence-electron chi connectivity index (χ2n) is 14.1. The van der Waals surface area contributed by atoms with Gasteiger partial charge in [-0.15, -0.1) is 0 Å². The molecule has 0 spiro atoms.